The molecular formula is C12H17N3OS2. The summed E-state index contributed by atoms with van der Waals surface area (Å²) in [5.74, 6) is 0. The zero-order valence-electron chi connectivity index (χ0n) is 10.4. The molecule has 0 unspecified atom stereocenters. The van der Waals surface area contributed by atoms with Crippen LogP contribution in [0.1, 0.15) is 18.5 Å². The number of thioether (sulfide) groups is 1. The van der Waals surface area contributed by atoms with Gasteiger partial charge in [-0.3, -0.25) is 4.40 Å². The number of nitrogens with zero attached hydrogens (tertiary/aromatic N) is 2. The lowest BCUT2D eigenvalue weighted by Gasteiger charge is -2.20. The molecule has 1 aliphatic heterocycles. The molecule has 98 valence electrons. The van der Waals surface area contributed by atoms with Crippen LogP contribution in [0.25, 0.3) is 4.96 Å². The Kier molecular flexibility index (Phi) is 3.88. The molecule has 18 heavy (non-hydrogen) atoms. The van der Waals surface area contributed by atoms with Crippen molar-refractivity contribution in [3.8, 4) is 0 Å². The van der Waals surface area contributed by atoms with E-state index >= 15 is 0 Å². The molecule has 0 bridgehead atoms. The van der Waals surface area contributed by atoms with E-state index in [1.165, 1.54) is 10.7 Å². The van der Waals surface area contributed by atoms with E-state index in [4.69, 9.17) is 9.72 Å². The summed E-state index contributed by atoms with van der Waals surface area (Å²) in [5, 5.41) is 7.16. The van der Waals surface area contributed by atoms with Crippen LogP contribution < -0.4 is 5.32 Å². The fourth-order valence-corrected chi connectivity index (χ4v) is 4.17. The SMILES string of the molecule is CNCc1c(SC2CCOCC2)nc2sccn12. The summed E-state index contributed by atoms with van der Waals surface area (Å²) in [6.07, 6.45) is 4.37. The summed E-state index contributed by atoms with van der Waals surface area (Å²) < 4.78 is 7.61. The molecule has 3 rings (SSSR count). The zero-order chi connectivity index (χ0) is 12.4. The van der Waals surface area contributed by atoms with Gasteiger partial charge in [0.1, 0.15) is 5.03 Å². The van der Waals surface area contributed by atoms with Crippen molar-refractivity contribution in [2.24, 2.45) is 0 Å². The molecule has 1 aliphatic rings. The van der Waals surface area contributed by atoms with E-state index in [-0.39, 0.29) is 0 Å². The number of aromatic nitrogens is 2. The molecule has 0 saturated carbocycles. The van der Waals surface area contributed by atoms with E-state index in [2.05, 4.69) is 21.3 Å². The van der Waals surface area contributed by atoms with Crippen LogP contribution in [0.2, 0.25) is 0 Å². The Balaban J connectivity index is 1.84. The van der Waals surface area contributed by atoms with Gasteiger partial charge in [-0.15, -0.1) is 23.1 Å². The highest BCUT2D eigenvalue weighted by Gasteiger charge is 2.20. The fraction of sp³-hybridized carbons (Fsp3) is 0.583. The second-order valence-electron chi connectivity index (χ2n) is 4.38. The van der Waals surface area contributed by atoms with Gasteiger partial charge in [-0.2, -0.15) is 0 Å². The van der Waals surface area contributed by atoms with Gasteiger partial charge in [0.05, 0.1) is 5.69 Å². The molecule has 4 nitrogen and oxygen atoms in total. The summed E-state index contributed by atoms with van der Waals surface area (Å²) in [4.78, 5) is 5.84. The van der Waals surface area contributed by atoms with Gasteiger partial charge >= 0.3 is 0 Å². The van der Waals surface area contributed by atoms with E-state index < -0.39 is 0 Å². The van der Waals surface area contributed by atoms with Crippen molar-refractivity contribution in [3.05, 3.63) is 17.3 Å². The molecule has 0 spiro atoms. The molecule has 1 saturated heterocycles. The minimum absolute atomic E-state index is 0.652. The van der Waals surface area contributed by atoms with E-state index in [0.717, 1.165) is 37.6 Å². The topological polar surface area (TPSA) is 38.6 Å². The van der Waals surface area contributed by atoms with Crippen LogP contribution in [0, 0.1) is 0 Å². The predicted molar refractivity (Wildman–Crippen MR) is 75.5 cm³/mol. The highest BCUT2D eigenvalue weighted by molar-refractivity contribution is 7.99. The van der Waals surface area contributed by atoms with E-state index in [1.807, 2.05) is 18.8 Å². The van der Waals surface area contributed by atoms with Crippen molar-refractivity contribution >= 4 is 28.1 Å². The lowest BCUT2D eigenvalue weighted by Crippen LogP contribution is -2.18. The fourth-order valence-electron chi connectivity index (χ4n) is 2.19. The van der Waals surface area contributed by atoms with Crippen LogP contribution in [-0.4, -0.2) is 34.9 Å². The van der Waals surface area contributed by atoms with Crippen molar-refractivity contribution in [1.29, 1.82) is 0 Å². The van der Waals surface area contributed by atoms with Gasteiger partial charge in [0, 0.05) is 36.6 Å². The number of hydrogen-bond acceptors (Lipinski definition) is 5. The van der Waals surface area contributed by atoms with Gasteiger partial charge in [-0.05, 0) is 19.9 Å². The Morgan fingerprint density at radius 1 is 1.56 bits per heavy atom. The number of imidazole rings is 1. The van der Waals surface area contributed by atoms with E-state index in [0.29, 0.717) is 5.25 Å². The molecule has 6 heteroatoms. The normalized spacial score (nSPS) is 17.6. The lowest BCUT2D eigenvalue weighted by molar-refractivity contribution is 0.1000. The Labute approximate surface area is 115 Å². The Hall–Kier alpha value is -0.560. The van der Waals surface area contributed by atoms with Crippen molar-refractivity contribution < 1.29 is 4.74 Å². The number of ether oxygens (including phenoxy) is 1. The molecule has 0 atom stereocenters. The summed E-state index contributed by atoms with van der Waals surface area (Å²) in [7, 11) is 1.98. The zero-order valence-corrected chi connectivity index (χ0v) is 12.0. The third-order valence-corrected chi connectivity index (χ3v) is 5.23. The Morgan fingerprint density at radius 3 is 3.17 bits per heavy atom. The van der Waals surface area contributed by atoms with Crippen molar-refractivity contribution in [1.82, 2.24) is 14.7 Å². The van der Waals surface area contributed by atoms with Crippen LogP contribution in [-0.2, 0) is 11.3 Å². The maximum Gasteiger partial charge on any atom is 0.194 e. The minimum Gasteiger partial charge on any atom is -0.381 e. The standard InChI is InChI=1S/C12H17N3OS2/c1-13-8-10-11(14-12-15(10)4-7-17-12)18-9-2-5-16-6-3-9/h4,7,9,13H,2-3,5-6,8H2,1H3. The summed E-state index contributed by atoms with van der Waals surface area (Å²) in [6.45, 7) is 2.64. The van der Waals surface area contributed by atoms with Gasteiger partial charge in [0.2, 0.25) is 0 Å². The molecule has 1 fully saturated rings. The van der Waals surface area contributed by atoms with Gasteiger partial charge in [0.15, 0.2) is 4.96 Å². The molecule has 3 heterocycles. The lowest BCUT2D eigenvalue weighted by atomic mass is 10.2. The van der Waals surface area contributed by atoms with E-state index in [9.17, 15) is 0 Å². The van der Waals surface area contributed by atoms with Crippen LogP contribution in [0.4, 0.5) is 0 Å². The van der Waals surface area contributed by atoms with Crippen LogP contribution in [0.15, 0.2) is 16.6 Å². The van der Waals surface area contributed by atoms with Crippen molar-refractivity contribution in [3.63, 3.8) is 0 Å². The average molecular weight is 283 g/mol. The number of rotatable bonds is 4. The third-order valence-electron chi connectivity index (χ3n) is 3.12. The Bertz CT molecular complexity index is 516. The van der Waals surface area contributed by atoms with Crippen molar-refractivity contribution in [2.75, 3.05) is 20.3 Å². The summed E-state index contributed by atoms with van der Waals surface area (Å²) in [6, 6.07) is 0. The number of fused-ring (bicyclic) bond motifs is 1. The largest absolute Gasteiger partial charge is 0.381 e. The molecule has 2 aromatic heterocycles. The molecule has 0 aliphatic carbocycles. The first-order valence-corrected chi connectivity index (χ1v) is 7.98. The van der Waals surface area contributed by atoms with Gasteiger partial charge in [-0.25, -0.2) is 4.98 Å². The minimum atomic E-state index is 0.652. The van der Waals surface area contributed by atoms with E-state index in [1.54, 1.807) is 11.3 Å². The molecule has 0 amide bonds. The third kappa shape index (κ3) is 2.42. The van der Waals surface area contributed by atoms with Crippen LogP contribution in [0.3, 0.4) is 0 Å². The van der Waals surface area contributed by atoms with Gasteiger partial charge in [-0.1, -0.05) is 0 Å². The number of hydrogen-bond donors (Lipinski definition) is 1. The second-order valence-corrected chi connectivity index (χ2v) is 6.54. The first-order chi connectivity index (χ1) is 8.88. The quantitative estimate of drug-likeness (QED) is 0.935. The van der Waals surface area contributed by atoms with Gasteiger partial charge < -0.3 is 10.1 Å². The summed E-state index contributed by atoms with van der Waals surface area (Å²) >= 11 is 3.61. The van der Waals surface area contributed by atoms with Gasteiger partial charge in [0.25, 0.3) is 0 Å². The first-order valence-electron chi connectivity index (χ1n) is 6.22. The number of thiazole rings is 1. The average Bonchev–Trinajstić information content (AvgIpc) is 2.95. The molecule has 0 radical (unpaired) electrons. The first kappa shape index (κ1) is 12.5. The molecular weight excluding hydrogens is 266 g/mol. The van der Waals surface area contributed by atoms with Crippen molar-refractivity contribution in [2.45, 2.75) is 29.7 Å². The maximum absolute atomic E-state index is 5.41. The maximum atomic E-state index is 5.41. The second kappa shape index (κ2) is 5.61. The Morgan fingerprint density at radius 2 is 2.39 bits per heavy atom. The predicted octanol–water partition coefficient (Wildman–Crippen LogP) is 2.39. The molecule has 1 N–H and O–H groups in total. The highest BCUT2D eigenvalue weighted by Crippen LogP contribution is 2.33. The molecule has 2 aromatic rings. The highest BCUT2D eigenvalue weighted by atomic mass is 32.2. The smallest absolute Gasteiger partial charge is 0.194 e. The number of nitrogens with one attached hydrogen (secondary N) is 1. The monoisotopic (exact) mass is 283 g/mol. The molecule has 0 aromatic carbocycles. The summed E-state index contributed by atoms with van der Waals surface area (Å²) in [5.41, 5.74) is 1.28. The van der Waals surface area contributed by atoms with Crippen LogP contribution >= 0.6 is 23.1 Å². The van der Waals surface area contributed by atoms with Crippen LogP contribution in [0.5, 0.6) is 0 Å².